The van der Waals surface area contributed by atoms with E-state index in [0.29, 0.717) is 0 Å². The number of rotatable bonds is 25. The van der Waals surface area contributed by atoms with Crippen molar-refractivity contribution in [2.24, 2.45) is 0 Å². The topological polar surface area (TPSA) is 15.3 Å². The van der Waals surface area contributed by atoms with E-state index in [2.05, 4.69) is 31.1 Å². The third-order valence-corrected chi connectivity index (χ3v) is 6.27. The first-order valence-electron chi connectivity index (χ1n) is 13.7. The van der Waals surface area contributed by atoms with Gasteiger partial charge in [0.15, 0.2) is 0 Å². The molecule has 0 unspecified atom stereocenters. The van der Waals surface area contributed by atoms with Gasteiger partial charge in [0.1, 0.15) is 0 Å². The van der Waals surface area contributed by atoms with Crippen molar-refractivity contribution >= 4 is 0 Å². The van der Waals surface area contributed by atoms with Gasteiger partial charge in [0.2, 0.25) is 0 Å². The fourth-order valence-corrected chi connectivity index (χ4v) is 4.11. The summed E-state index contributed by atoms with van der Waals surface area (Å²) in [4.78, 5) is 2.51. The molecule has 0 rings (SSSR count). The van der Waals surface area contributed by atoms with Crippen molar-refractivity contribution in [3.63, 3.8) is 0 Å². The van der Waals surface area contributed by atoms with Crippen LogP contribution in [0.25, 0.3) is 0 Å². The number of nitrogens with zero attached hydrogens (tertiary/aromatic N) is 1. The van der Waals surface area contributed by atoms with Crippen LogP contribution in [-0.4, -0.2) is 38.1 Å². The van der Waals surface area contributed by atoms with E-state index in [-0.39, 0.29) is 0 Å². The molecule has 0 aromatic carbocycles. The minimum absolute atomic E-state index is 1.16. The summed E-state index contributed by atoms with van der Waals surface area (Å²) in [6.45, 7) is 9.44. The molecular weight excluding hydrogens is 352 g/mol. The van der Waals surface area contributed by atoms with Gasteiger partial charge in [-0.3, -0.25) is 0 Å². The molecule has 0 amide bonds. The Labute approximate surface area is 186 Å². The van der Waals surface area contributed by atoms with Gasteiger partial charge in [0.05, 0.1) is 0 Å². The number of hydrogen-bond acceptors (Lipinski definition) is 2. The van der Waals surface area contributed by atoms with E-state index < -0.39 is 0 Å². The maximum atomic E-state index is 3.64. The molecule has 176 valence electrons. The van der Waals surface area contributed by atoms with Gasteiger partial charge in [-0.05, 0) is 33.0 Å². The summed E-state index contributed by atoms with van der Waals surface area (Å²) in [5, 5.41) is 3.64. The maximum Gasteiger partial charge on any atom is 0.0104 e. The molecule has 0 heterocycles. The molecule has 0 bridgehead atoms. The predicted octanol–water partition coefficient (Wildman–Crippen LogP) is 8.35. The average Bonchev–Trinajstić information content (AvgIpc) is 2.72. The molecule has 0 saturated heterocycles. The fraction of sp³-hybridized carbons (Fsp3) is 1.00. The van der Waals surface area contributed by atoms with Crippen molar-refractivity contribution in [1.82, 2.24) is 10.2 Å². The molecule has 0 radical (unpaired) electrons. The van der Waals surface area contributed by atoms with Crippen LogP contribution in [0.3, 0.4) is 0 Å². The van der Waals surface area contributed by atoms with Crippen molar-refractivity contribution in [3.8, 4) is 0 Å². The van der Waals surface area contributed by atoms with Crippen LogP contribution < -0.4 is 5.32 Å². The van der Waals surface area contributed by atoms with Gasteiger partial charge in [0, 0.05) is 13.1 Å². The van der Waals surface area contributed by atoms with Crippen LogP contribution in [0.4, 0.5) is 0 Å². The fourth-order valence-electron chi connectivity index (χ4n) is 4.11. The lowest BCUT2D eigenvalue weighted by Gasteiger charge is -2.16. The normalized spacial score (nSPS) is 11.6. The second-order valence-electron chi connectivity index (χ2n) is 9.42. The number of nitrogens with one attached hydrogen (secondary N) is 1. The summed E-state index contributed by atoms with van der Waals surface area (Å²) >= 11 is 0. The standard InChI is InChI=1S/C27H58N2/c1-4-6-8-10-12-14-16-18-20-22-24-28-25-27-29(3)26-23-21-19-17-15-13-11-9-7-5-2/h28H,4-27H2,1-3H3. The molecule has 2 nitrogen and oxygen atoms in total. The van der Waals surface area contributed by atoms with E-state index in [4.69, 9.17) is 0 Å². The molecule has 0 aromatic heterocycles. The summed E-state index contributed by atoms with van der Waals surface area (Å²) < 4.78 is 0. The van der Waals surface area contributed by atoms with Crippen molar-refractivity contribution in [2.45, 2.75) is 142 Å². The Balaban J connectivity index is 3.12. The maximum absolute atomic E-state index is 3.64. The van der Waals surface area contributed by atoms with Gasteiger partial charge in [-0.15, -0.1) is 0 Å². The Hall–Kier alpha value is -0.0800. The van der Waals surface area contributed by atoms with Crippen LogP contribution in [0.1, 0.15) is 142 Å². The minimum atomic E-state index is 1.16. The van der Waals surface area contributed by atoms with E-state index in [0.717, 1.165) is 6.54 Å². The second-order valence-corrected chi connectivity index (χ2v) is 9.42. The second kappa shape index (κ2) is 26.0. The van der Waals surface area contributed by atoms with Gasteiger partial charge >= 0.3 is 0 Å². The molecule has 0 aromatic rings. The van der Waals surface area contributed by atoms with Crippen LogP contribution in [-0.2, 0) is 0 Å². The highest BCUT2D eigenvalue weighted by Crippen LogP contribution is 2.11. The third kappa shape index (κ3) is 25.9. The van der Waals surface area contributed by atoms with E-state index >= 15 is 0 Å². The Morgan fingerprint density at radius 1 is 0.414 bits per heavy atom. The molecule has 0 aliphatic carbocycles. The smallest absolute Gasteiger partial charge is 0.0104 e. The van der Waals surface area contributed by atoms with Crippen molar-refractivity contribution in [3.05, 3.63) is 0 Å². The zero-order valence-electron chi connectivity index (χ0n) is 20.9. The lowest BCUT2D eigenvalue weighted by atomic mass is 10.1. The largest absolute Gasteiger partial charge is 0.315 e. The van der Waals surface area contributed by atoms with Gasteiger partial charge < -0.3 is 10.2 Å². The zero-order valence-corrected chi connectivity index (χ0v) is 20.9. The average molecular weight is 411 g/mol. The van der Waals surface area contributed by atoms with Gasteiger partial charge in [-0.1, -0.05) is 129 Å². The summed E-state index contributed by atoms with van der Waals surface area (Å²) in [5.41, 5.74) is 0. The summed E-state index contributed by atoms with van der Waals surface area (Å²) in [5.74, 6) is 0. The molecule has 0 aliphatic rings. The highest BCUT2D eigenvalue weighted by atomic mass is 15.1. The van der Waals surface area contributed by atoms with Crippen LogP contribution >= 0.6 is 0 Å². The SMILES string of the molecule is CCCCCCCCCCCCNCCN(C)CCCCCCCCCCCC. The Morgan fingerprint density at radius 3 is 1.24 bits per heavy atom. The molecule has 0 aliphatic heterocycles. The van der Waals surface area contributed by atoms with Gasteiger partial charge in [-0.25, -0.2) is 0 Å². The van der Waals surface area contributed by atoms with Crippen LogP contribution in [0.2, 0.25) is 0 Å². The predicted molar refractivity (Wildman–Crippen MR) is 134 cm³/mol. The van der Waals surface area contributed by atoms with E-state index in [1.807, 2.05) is 0 Å². The first-order valence-corrected chi connectivity index (χ1v) is 13.7. The lowest BCUT2D eigenvalue weighted by molar-refractivity contribution is 0.321. The van der Waals surface area contributed by atoms with E-state index in [9.17, 15) is 0 Å². The van der Waals surface area contributed by atoms with Crippen LogP contribution in [0, 0.1) is 0 Å². The van der Waals surface area contributed by atoms with E-state index in [1.54, 1.807) is 0 Å². The van der Waals surface area contributed by atoms with E-state index in [1.165, 1.54) is 148 Å². The third-order valence-electron chi connectivity index (χ3n) is 6.27. The minimum Gasteiger partial charge on any atom is -0.315 e. The molecule has 0 saturated carbocycles. The summed E-state index contributed by atoms with van der Waals surface area (Å²) in [7, 11) is 2.29. The number of unbranched alkanes of at least 4 members (excludes halogenated alkanes) is 18. The molecule has 1 N–H and O–H groups in total. The summed E-state index contributed by atoms with van der Waals surface area (Å²) in [6, 6.07) is 0. The molecule has 0 fully saturated rings. The first kappa shape index (κ1) is 28.9. The number of hydrogen-bond donors (Lipinski definition) is 1. The van der Waals surface area contributed by atoms with Crippen molar-refractivity contribution in [2.75, 3.05) is 33.2 Å². The molecule has 29 heavy (non-hydrogen) atoms. The molecular formula is C27H58N2. The Kier molecular flexibility index (Phi) is 25.9. The monoisotopic (exact) mass is 410 g/mol. The van der Waals surface area contributed by atoms with Crippen molar-refractivity contribution in [1.29, 1.82) is 0 Å². The van der Waals surface area contributed by atoms with Gasteiger partial charge in [0.25, 0.3) is 0 Å². The van der Waals surface area contributed by atoms with Gasteiger partial charge in [-0.2, -0.15) is 0 Å². The summed E-state index contributed by atoms with van der Waals surface area (Å²) in [6.07, 6.45) is 28.6. The lowest BCUT2D eigenvalue weighted by Crippen LogP contribution is -2.30. The zero-order chi connectivity index (χ0) is 21.3. The number of likely N-dealkylation sites (N-methyl/N-ethyl adjacent to an activating group) is 1. The van der Waals surface area contributed by atoms with Crippen LogP contribution in [0.15, 0.2) is 0 Å². The Bertz CT molecular complexity index is 280. The molecule has 2 heteroatoms. The molecule has 0 spiro atoms. The highest BCUT2D eigenvalue weighted by Gasteiger charge is 1.99. The highest BCUT2D eigenvalue weighted by molar-refractivity contribution is 4.57. The quantitative estimate of drug-likeness (QED) is 0.152. The Morgan fingerprint density at radius 2 is 0.793 bits per heavy atom. The first-order chi connectivity index (χ1) is 14.3. The van der Waals surface area contributed by atoms with Crippen molar-refractivity contribution < 1.29 is 0 Å². The van der Waals surface area contributed by atoms with Crippen LogP contribution in [0.5, 0.6) is 0 Å². The molecule has 0 atom stereocenters.